The van der Waals surface area contributed by atoms with Gasteiger partial charge in [-0.1, -0.05) is 6.92 Å². The number of hydrogen-bond donors (Lipinski definition) is 3. The first-order chi connectivity index (χ1) is 6.00. The minimum atomic E-state index is -0.694. The van der Waals surface area contributed by atoms with Gasteiger partial charge in [0, 0.05) is 25.6 Å². The summed E-state index contributed by atoms with van der Waals surface area (Å²) in [5.74, 6) is -0.589. The predicted molar refractivity (Wildman–Crippen MR) is 46.8 cm³/mol. The monoisotopic (exact) mass is 188 g/mol. The molecule has 1 saturated heterocycles. The highest BCUT2D eigenvalue weighted by molar-refractivity contribution is 5.76. The zero-order valence-corrected chi connectivity index (χ0v) is 7.68. The van der Waals surface area contributed by atoms with E-state index in [-0.39, 0.29) is 11.8 Å². The lowest BCUT2D eigenvalue weighted by molar-refractivity contribution is -0.121. The molecule has 1 aliphatic rings. The van der Waals surface area contributed by atoms with Crippen molar-refractivity contribution in [3.8, 4) is 0 Å². The molecule has 0 bridgehead atoms. The third kappa shape index (κ3) is 2.65. The van der Waals surface area contributed by atoms with Gasteiger partial charge in [0.1, 0.15) is 0 Å². The fourth-order valence-electron chi connectivity index (χ4n) is 1.47. The van der Waals surface area contributed by atoms with E-state index in [1.165, 1.54) is 0 Å². The molecular weight excluding hydrogens is 172 g/mol. The van der Waals surface area contributed by atoms with Crippen molar-refractivity contribution in [3.05, 3.63) is 0 Å². The maximum Gasteiger partial charge on any atom is 0.221 e. The van der Waals surface area contributed by atoms with Crippen LogP contribution < -0.4 is 5.73 Å². The SMILES string of the molecule is CC(CN1C[C@@H](O)[C@@H](O)C1)C(N)=O. The van der Waals surface area contributed by atoms with Gasteiger partial charge in [0.15, 0.2) is 0 Å². The molecule has 0 aromatic rings. The van der Waals surface area contributed by atoms with Crippen molar-refractivity contribution in [3.63, 3.8) is 0 Å². The molecule has 0 saturated carbocycles. The second-order valence-electron chi connectivity index (χ2n) is 3.66. The van der Waals surface area contributed by atoms with Crippen molar-refractivity contribution < 1.29 is 15.0 Å². The first-order valence-electron chi connectivity index (χ1n) is 4.38. The lowest BCUT2D eigenvalue weighted by Gasteiger charge is -2.17. The number of rotatable bonds is 3. The van der Waals surface area contributed by atoms with Crippen LogP contribution in [0.25, 0.3) is 0 Å². The quantitative estimate of drug-likeness (QED) is 0.485. The second kappa shape index (κ2) is 4.04. The summed E-state index contributed by atoms with van der Waals surface area (Å²) >= 11 is 0. The summed E-state index contributed by atoms with van der Waals surface area (Å²) in [5.41, 5.74) is 5.09. The van der Waals surface area contributed by atoms with E-state index in [0.29, 0.717) is 19.6 Å². The molecule has 1 amide bonds. The van der Waals surface area contributed by atoms with Crippen molar-refractivity contribution >= 4 is 5.91 Å². The maximum absolute atomic E-state index is 10.7. The van der Waals surface area contributed by atoms with E-state index < -0.39 is 12.2 Å². The molecule has 0 aromatic carbocycles. The van der Waals surface area contributed by atoms with E-state index >= 15 is 0 Å². The highest BCUT2D eigenvalue weighted by Crippen LogP contribution is 2.11. The summed E-state index contributed by atoms with van der Waals surface area (Å²) in [5, 5.41) is 18.4. The highest BCUT2D eigenvalue weighted by atomic mass is 16.3. The summed E-state index contributed by atoms with van der Waals surface area (Å²) in [6, 6.07) is 0. The van der Waals surface area contributed by atoms with Gasteiger partial charge in [0.2, 0.25) is 5.91 Å². The Morgan fingerprint density at radius 3 is 2.38 bits per heavy atom. The number of nitrogens with two attached hydrogens (primary N) is 1. The van der Waals surface area contributed by atoms with Gasteiger partial charge in [0.25, 0.3) is 0 Å². The first-order valence-corrected chi connectivity index (χ1v) is 4.38. The molecule has 1 heterocycles. The van der Waals surface area contributed by atoms with Gasteiger partial charge in [-0.3, -0.25) is 9.69 Å². The zero-order valence-electron chi connectivity index (χ0n) is 7.68. The van der Waals surface area contributed by atoms with Crippen molar-refractivity contribution in [1.29, 1.82) is 0 Å². The van der Waals surface area contributed by atoms with Crippen LogP contribution in [0.2, 0.25) is 0 Å². The zero-order chi connectivity index (χ0) is 10.0. The molecule has 0 radical (unpaired) electrons. The van der Waals surface area contributed by atoms with Crippen molar-refractivity contribution in [2.24, 2.45) is 11.7 Å². The molecule has 5 heteroatoms. The molecule has 4 N–H and O–H groups in total. The number of aliphatic hydroxyl groups is 2. The first kappa shape index (κ1) is 10.4. The molecule has 0 aromatic heterocycles. The van der Waals surface area contributed by atoms with Crippen LogP contribution in [0.5, 0.6) is 0 Å². The topological polar surface area (TPSA) is 86.8 Å². The summed E-state index contributed by atoms with van der Waals surface area (Å²) in [6.07, 6.45) is -1.39. The minimum Gasteiger partial charge on any atom is -0.389 e. The largest absolute Gasteiger partial charge is 0.389 e. The number of β-amino-alcohol motifs (C(OH)–C–C–N with tert-alkyl or cyclic N) is 2. The summed E-state index contributed by atoms with van der Waals surface area (Å²) in [4.78, 5) is 12.6. The summed E-state index contributed by atoms with van der Waals surface area (Å²) in [7, 11) is 0. The molecule has 13 heavy (non-hydrogen) atoms. The van der Waals surface area contributed by atoms with Gasteiger partial charge in [-0.15, -0.1) is 0 Å². The number of amides is 1. The highest BCUT2D eigenvalue weighted by Gasteiger charge is 2.30. The summed E-state index contributed by atoms with van der Waals surface area (Å²) in [6.45, 7) is 3.07. The van der Waals surface area contributed by atoms with E-state index in [4.69, 9.17) is 5.73 Å². The molecule has 0 spiro atoms. The number of hydrogen-bond acceptors (Lipinski definition) is 4. The normalized spacial score (nSPS) is 31.9. The third-order valence-corrected chi connectivity index (χ3v) is 2.35. The van der Waals surface area contributed by atoms with Crippen LogP contribution in [0, 0.1) is 5.92 Å². The second-order valence-corrected chi connectivity index (χ2v) is 3.66. The molecule has 1 unspecified atom stereocenters. The number of primary amides is 1. The van der Waals surface area contributed by atoms with Crippen LogP contribution >= 0.6 is 0 Å². The van der Waals surface area contributed by atoms with Gasteiger partial charge < -0.3 is 15.9 Å². The van der Waals surface area contributed by atoms with E-state index in [1.54, 1.807) is 6.92 Å². The van der Waals surface area contributed by atoms with Gasteiger partial charge in [-0.05, 0) is 0 Å². The number of carbonyl (C=O) groups is 1. The Bertz CT molecular complexity index is 188. The smallest absolute Gasteiger partial charge is 0.221 e. The molecule has 1 rings (SSSR count). The maximum atomic E-state index is 10.7. The van der Waals surface area contributed by atoms with Crippen LogP contribution in [-0.2, 0) is 4.79 Å². The Morgan fingerprint density at radius 1 is 1.54 bits per heavy atom. The number of carbonyl (C=O) groups excluding carboxylic acids is 1. The standard InChI is InChI=1S/C8H16N2O3/c1-5(8(9)13)2-10-3-6(11)7(12)4-10/h5-7,11-12H,2-4H2,1H3,(H2,9,13)/t5?,6-,7+. The van der Waals surface area contributed by atoms with Crippen molar-refractivity contribution in [2.75, 3.05) is 19.6 Å². The van der Waals surface area contributed by atoms with Crippen LogP contribution in [-0.4, -0.2) is 52.9 Å². The molecular formula is C8H16N2O3. The number of aliphatic hydroxyl groups excluding tert-OH is 2. The number of likely N-dealkylation sites (tertiary alicyclic amines) is 1. The predicted octanol–water partition coefficient (Wildman–Crippen LogP) is -1.85. The fraction of sp³-hybridized carbons (Fsp3) is 0.875. The minimum absolute atomic E-state index is 0.238. The molecule has 0 aliphatic carbocycles. The Kier molecular flexibility index (Phi) is 3.24. The average Bonchev–Trinajstić information content (AvgIpc) is 2.31. The number of nitrogens with zero attached hydrogens (tertiary/aromatic N) is 1. The van der Waals surface area contributed by atoms with Gasteiger partial charge in [0.05, 0.1) is 12.2 Å². The third-order valence-electron chi connectivity index (χ3n) is 2.35. The van der Waals surface area contributed by atoms with Crippen molar-refractivity contribution in [1.82, 2.24) is 4.90 Å². The lowest BCUT2D eigenvalue weighted by Crippen LogP contribution is -2.34. The Hall–Kier alpha value is -0.650. The molecule has 5 nitrogen and oxygen atoms in total. The average molecular weight is 188 g/mol. The molecule has 76 valence electrons. The molecule has 3 atom stereocenters. The van der Waals surface area contributed by atoms with E-state index in [1.807, 2.05) is 4.90 Å². The van der Waals surface area contributed by atoms with Crippen LogP contribution in [0.4, 0.5) is 0 Å². The fourth-order valence-corrected chi connectivity index (χ4v) is 1.47. The molecule has 1 aliphatic heterocycles. The summed E-state index contributed by atoms with van der Waals surface area (Å²) < 4.78 is 0. The van der Waals surface area contributed by atoms with Gasteiger partial charge >= 0.3 is 0 Å². The van der Waals surface area contributed by atoms with Crippen LogP contribution in [0.1, 0.15) is 6.92 Å². The Balaban J connectivity index is 2.35. The van der Waals surface area contributed by atoms with E-state index in [9.17, 15) is 15.0 Å². The van der Waals surface area contributed by atoms with Crippen LogP contribution in [0.15, 0.2) is 0 Å². The van der Waals surface area contributed by atoms with E-state index in [2.05, 4.69) is 0 Å². The van der Waals surface area contributed by atoms with E-state index in [0.717, 1.165) is 0 Å². The van der Waals surface area contributed by atoms with Crippen LogP contribution in [0.3, 0.4) is 0 Å². The lowest BCUT2D eigenvalue weighted by atomic mass is 10.1. The van der Waals surface area contributed by atoms with Gasteiger partial charge in [-0.2, -0.15) is 0 Å². The Morgan fingerprint density at radius 2 is 2.00 bits per heavy atom. The Labute approximate surface area is 77.1 Å². The van der Waals surface area contributed by atoms with Gasteiger partial charge in [-0.25, -0.2) is 0 Å². The van der Waals surface area contributed by atoms with Crippen molar-refractivity contribution in [2.45, 2.75) is 19.1 Å². The molecule has 1 fully saturated rings.